The summed E-state index contributed by atoms with van der Waals surface area (Å²) >= 11 is 0. The number of para-hydroxylation sites is 1. The van der Waals surface area contributed by atoms with E-state index in [0.29, 0.717) is 0 Å². The fraction of sp³-hybridized carbons (Fsp3) is 0.393. The summed E-state index contributed by atoms with van der Waals surface area (Å²) in [6, 6.07) is 15.1. The van der Waals surface area contributed by atoms with Crippen molar-refractivity contribution < 1.29 is 4.79 Å². The van der Waals surface area contributed by atoms with Gasteiger partial charge in [-0.15, -0.1) is 0 Å². The molecule has 1 aliphatic heterocycles. The average molecular weight is 486 g/mol. The van der Waals surface area contributed by atoms with Crippen LogP contribution in [-0.4, -0.2) is 56.5 Å². The number of piperazine rings is 1. The molecule has 3 N–H and O–H groups in total. The number of hydrogen-bond acceptors (Lipinski definition) is 5. The van der Waals surface area contributed by atoms with Crippen molar-refractivity contribution in [2.75, 3.05) is 31.1 Å². The average Bonchev–Trinajstić information content (AvgIpc) is 3.43. The zero-order chi connectivity index (χ0) is 25.4. The van der Waals surface area contributed by atoms with Gasteiger partial charge in [0.05, 0.1) is 23.2 Å². The van der Waals surface area contributed by atoms with Gasteiger partial charge in [0.2, 0.25) is 5.91 Å². The number of benzene rings is 2. The molecule has 1 amide bonds. The van der Waals surface area contributed by atoms with Gasteiger partial charge in [0.25, 0.3) is 0 Å². The number of fused-ring (bicyclic) bond motifs is 1. The molecule has 1 fully saturated rings. The van der Waals surface area contributed by atoms with E-state index in [2.05, 4.69) is 83.0 Å². The van der Waals surface area contributed by atoms with E-state index < -0.39 is 0 Å². The highest BCUT2D eigenvalue weighted by Crippen LogP contribution is 2.30. The molecule has 2 aromatic heterocycles. The SMILES string of the molecule is Cc1c(CN2CCN(c3cccc4[nH]c(-c5ccc(C(C)(C)C)cc5)nc34)CC2)ncn1CC(N)=O. The molecular weight excluding hydrogens is 450 g/mol. The summed E-state index contributed by atoms with van der Waals surface area (Å²) in [7, 11) is 0. The minimum Gasteiger partial charge on any atom is -0.368 e. The van der Waals surface area contributed by atoms with Gasteiger partial charge >= 0.3 is 0 Å². The lowest BCUT2D eigenvalue weighted by molar-refractivity contribution is -0.118. The predicted molar refractivity (Wildman–Crippen MR) is 144 cm³/mol. The third-order valence-corrected chi connectivity index (χ3v) is 7.13. The topological polar surface area (TPSA) is 96.1 Å². The summed E-state index contributed by atoms with van der Waals surface area (Å²) in [4.78, 5) is 29.1. The maximum atomic E-state index is 11.3. The van der Waals surface area contributed by atoms with Crippen LogP contribution in [0.2, 0.25) is 0 Å². The molecule has 0 unspecified atom stereocenters. The van der Waals surface area contributed by atoms with Crippen molar-refractivity contribution in [3.8, 4) is 11.4 Å². The second-order valence-corrected chi connectivity index (χ2v) is 10.7. The van der Waals surface area contributed by atoms with Gasteiger partial charge in [-0.3, -0.25) is 9.69 Å². The first-order chi connectivity index (χ1) is 17.2. The molecule has 0 saturated carbocycles. The van der Waals surface area contributed by atoms with Crippen LogP contribution in [0.3, 0.4) is 0 Å². The summed E-state index contributed by atoms with van der Waals surface area (Å²) in [5.41, 5.74) is 13.1. The summed E-state index contributed by atoms with van der Waals surface area (Å²) in [6.07, 6.45) is 1.71. The van der Waals surface area contributed by atoms with Crippen molar-refractivity contribution in [2.45, 2.75) is 46.2 Å². The maximum Gasteiger partial charge on any atom is 0.237 e. The molecule has 5 rings (SSSR count). The van der Waals surface area contributed by atoms with E-state index in [4.69, 9.17) is 10.7 Å². The van der Waals surface area contributed by atoms with Gasteiger partial charge in [0.15, 0.2) is 0 Å². The third-order valence-electron chi connectivity index (χ3n) is 7.13. The van der Waals surface area contributed by atoms with Crippen LogP contribution in [0.1, 0.15) is 37.7 Å². The van der Waals surface area contributed by atoms with Crippen LogP contribution >= 0.6 is 0 Å². The summed E-state index contributed by atoms with van der Waals surface area (Å²) in [5, 5.41) is 0. The number of anilines is 1. The second kappa shape index (κ2) is 9.43. The lowest BCUT2D eigenvalue weighted by Gasteiger charge is -2.36. The zero-order valence-electron chi connectivity index (χ0n) is 21.6. The van der Waals surface area contributed by atoms with Crippen molar-refractivity contribution in [2.24, 2.45) is 5.73 Å². The Balaban J connectivity index is 1.29. The first-order valence-electron chi connectivity index (χ1n) is 12.5. The molecular formula is C28H35N7O. The molecule has 0 atom stereocenters. The van der Waals surface area contributed by atoms with Gasteiger partial charge in [0.1, 0.15) is 17.9 Å². The number of nitrogens with one attached hydrogen (secondary N) is 1. The van der Waals surface area contributed by atoms with E-state index in [0.717, 1.165) is 66.5 Å². The summed E-state index contributed by atoms with van der Waals surface area (Å²) in [6.45, 7) is 13.3. The third kappa shape index (κ3) is 4.86. The molecule has 0 radical (unpaired) electrons. The van der Waals surface area contributed by atoms with Crippen LogP contribution in [0.5, 0.6) is 0 Å². The second-order valence-electron chi connectivity index (χ2n) is 10.7. The number of aromatic nitrogens is 4. The van der Waals surface area contributed by atoms with E-state index in [9.17, 15) is 4.79 Å². The number of aromatic amines is 1. The van der Waals surface area contributed by atoms with E-state index in [1.54, 1.807) is 6.33 Å². The van der Waals surface area contributed by atoms with Crippen molar-refractivity contribution in [3.05, 3.63) is 65.7 Å². The number of carbonyl (C=O) groups excluding carboxylic acids is 1. The zero-order valence-corrected chi connectivity index (χ0v) is 21.6. The van der Waals surface area contributed by atoms with Gasteiger partial charge in [-0.1, -0.05) is 51.1 Å². The first-order valence-corrected chi connectivity index (χ1v) is 12.5. The summed E-state index contributed by atoms with van der Waals surface area (Å²) in [5.74, 6) is 0.548. The molecule has 3 heterocycles. The number of amides is 1. The van der Waals surface area contributed by atoms with Gasteiger partial charge < -0.3 is 20.2 Å². The maximum absolute atomic E-state index is 11.3. The monoisotopic (exact) mass is 485 g/mol. The number of hydrogen-bond donors (Lipinski definition) is 2. The Kier molecular flexibility index (Phi) is 6.30. The van der Waals surface area contributed by atoms with Gasteiger partial charge in [-0.05, 0) is 30.0 Å². The van der Waals surface area contributed by atoms with Crippen LogP contribution < -0.4 is 10.6 Å². The molecule has 1 saturated heterocycles. The van der Waals surface area contributed by atoms with E-state index in [-0.39, 0.29) is 17.9 Å². The lowest BCUT2D eigenvalue weighted by atomic mass is 9.87. The molecule has 36 heavy (non-hydrogen) atoms. The molecule has 1 aliphatic rings. The molecule has 8 nitrogen and oxygen atoms in total. The Morgan fingerprint density at radius 1 is 1.06 bits per heavy atom. The first kappa shape index (κ1) is 24.1. The Morgan fingerprint density at radius 3 is 2.44 bits per heavy atom. The molecule has 0 spiro atoms. The fourth-order valence-electron chi connectivity index (χ4n) is 4.86. The molecule has 0 aliphatic carbocycles. The number of imidazole rings is 2. The number of rotatable bonds is 6. The van der Waals surface area contributed by atoms with Crippen LogP contribution in [-0.2, 0) is 23.3 Å². The van der Waals surface area contributed by atoms with Crippen molar-refractivity contribution >= 4 is 22.6 Å². The molecule has 2 aromatic carbocycles. The van der Waals surface area contributed by atoms with Crippen LogP contribution in [0.15, 0.2) is 48.8 Å². The lowest BCUT2D eigenvalue weighted by Crippen LogP contribution is -2.46. The van der Waals surface area contributed by atoms with Crippen LogP contribution in [0.25, 0.3) is 22.4 Å². The van der Waals surface area contributed by atoms with E-state index in [1.807, 2.05) is 11.5 Å². The Hall–Kier alpha value is -3.65. The highest BCUT2D eigenvalue weighted by Gasteiger charge is 2.22. The predicted octanol–water partition coefficient (Wildman–Crippen LogP) is 3.84. The van der Waals surface area contributed by atoms with Crippen LogP contribution in [0, 0.1) is 6.92 Å². The highest BCUT2D eigenvalue weighted by molar-refractivity contribution is 5.91. The smallest absolute Gasteiger partial charge is 0.237 e. The largest absolute Gasteiger partial charge is 0.368 e. The van der Waals surface area contributed by atoms with Crippen molar-refractivity contribution in [1.82, 2.24) is 24.4 Å². The molecule has 188 valence electrons. The minimum atomic E-state index is -0.353. The molecule has 8 heteroatoms. The fourth-order valence-corrected chi connectivity index (χ4v) is 4.86. The van der Waals surface area contributed by atoms with Gasteiger partial charge in [-0.25, -0.2) is 9.97 Å². The summed E-state index contributed by atoms with van der Waals surface area (Å²) < 4.78 is 1.82. The molecule has 0 bridgehead atoms. The Labute approximate surface area is 212 Å². The number of primary amides is 1. The van der Waals surface area contributed by atoms with E-state index >= 15 is 0 Å². The number of carbonyl (C=O) groups is 1. The van der Waals surface area contributed by atoms with Crippen molar-refractivity contribution in [3.63, 3.8) is 0 Å². The van der Waals surface area contributed by atoms with Crippen molar-refractivity contribution in [1.29, 1.82) is 0 Å². The quantitative estimate of drug-likeness (QED) is 0.433. The highest BCUT2D eigenvalue weighted by atomic mass is 16.1. The number of H-pyrrole nitrogens is 1. The van der Waals surface area contributed by atoms with E-state index in [1.165, 1.54) is 11.3 Å². The number of nitrogens with two attached hydrogens (primary N) is 1. The Morgan fingerprint density at radius 2 is 1.78 bits per heavy atom. The normalized spacial score (nSPS) is 15.1. The number of nitrogens with zero attached hydrogens (tertiary/aromatic N) is 5. The molecule has 4 aromatic rings. The minimum absolute atomic E-state index is 0.129. The van der Waals surface area contributed by atoms with Gasteiger partial charge in [-0.2, -0.15) is 0 Å². The van der Waals surface area contributed by atoms with Crippen LogP contribution in [0.4, 0.5) is 5.69 Å². The Bertz CT molecular complexity index is 1370. The van der Waals surface area contributed by atoms with Gasteiger partial charge in [0, 0.05) is 44.0 Å². The standard InChI is InChI=1S/C28H35N7O/c1-19-23(30-18-35(19)17-25(29)36)16-33-12-14-34(15-13-33)24-7-5-6-22-26(24)32-27(31-22)20-8-10-21(11-9-20)28(2,3)4/h5-11,18H,12-17H2,1-4H3,(H2,29,36)(H,31,32).